The van der Waals surface area contributed by atoms with Crippen LogP contribution in [0.25, 0.3) is 0 Å². The Labute approximate surface area is 120 Å². The minimum Gasteiger partial charge on any atom is -0.480 e. The monoisotopic (exact) mass is 282 g/mol. The Morgan fingerprint density at radius 1 is 1.15 bits per heavy atom. The third-order valence-electron chi connectivity index (χ3n) is 4.92. The molecule has 0 bridgehead atoms. The van der Waals surface area contributed by atoms with E-state index in [-0.39, 0.29) is 17.9 Å². The van der Waals surface area contributed by atoms with E-state index in [0.29, 0.717) is 12.3 Å². The molecule has 4 unspecified atom stereocenters. The number of fused-ring (bicyclic) bond motifs is 1. The molecular weight excluding hydrogens is 256 g/mol. The first-order chi connectivity index (χ1) is 9.43. The lowest BCUT2D eigenvalue weighted by atomic mass is 9.76. The molecule has 0 aromatic rings. The number of carbonyl (C=O) groups excluding carboxylic acids is 1. The van der Waals surface area contributed by atoms with Crippen LogP contribution in [-0.2, 0) is 9.59 Å². The number of nitrogens with zero attached hydrogens (tertiary/aromatic N) is 1. The molecule has 0 radical (unpaired) electrons. The molecule has 1 aliphatic carbocycles. The Morgan fingerprint density at radius 2 is 1.80 bits per heavy atom. The van der Waals surface area contributed by atoms with Crippen LogP contribution in [0.5, 0.6) is 0 Å². The number of rotatable bonds is 3. The average molecular weight is 282 g/mol. The van der Waals surface area contributed by atoms with Crippen molar-refractivity contribution < 1.29 is 14.7 Å². The normalized spacial score (nSPS) is 31.8. The Hall–Kier alpha value is -1.10. The first kappa shape index (κ1) is 15.3. The standard InChI is InChI=1S/C15H26N2O3/c1-9(2)13(16)14(18)17-11-6-4-3-5-10(11)7-8-12(17)15(19)20/h9-13H,3-8,16H2,1-2H3,(H,19,20). The Balaban J connectivity index is 2.25. The third kappa shape index (κ3) is 2.82. The molecule has 1 saturated heterocycles. The van der Waals surface area contributed by atoms with Gasteiger partial charge in [0, 0.05) is 6.04 Å². The molecule has 5 nitrogen and oxygen atoms in total. The zero-order chi connectivity index (χ0) is 14.9. The summed E-state index contributed by atoms with van der Waals surface area (Å²) in [7, 11) is 0. The van der Waals surface area contributed by atoms with Crippen LogP contribution >= 0.6 is 0 Å². The Kier molecular flexibility index (Phi) is 4.68. The van der Waals surface area contributed by atoms with Crippen LogP contribution in [0.15, 0.2) is 0 Å². The Bertz CT molecular complexity index is 383. The van der Waals surface area contributed by atoms with Gasteiger partial charge in [-0.1, -0.05) is 26.7 Å². The number of carboxylic acids is 1. The van der Waals surface area contributed by atoms with Crippen LogP contribution in [0, 0.1) is 11.8 Å². The molecule has 4 atom stereocenters. The molecule has 5 heteroatoms. The van der Waals surface area contributed by atoms with Crippen LogP contribution in [0.1, 0.15) is 52.4 Å². The minimum atomic E-state index is -0.890. The van der Waals surface area contributed by atoms with Crippen molar-refractivity contribution in [2.45, 2.75) is 70.5 Å². The fraction of sp³-hybridized carbons (Fsp3) is 0.867. The second-order valence-corrected chi connectivity index (χ2v) is 6.56. The van der Waals surface area contributed by atoms with Gasteiger partial charge in [-0.15, -0.1) is 0 Å². The topological polar surface area (TPSA) is 83.6 Å². The van der Waals surface area contributed by atoms with Gasteiger partial charge in [-0.3, -0.25) is 4.79 Å². The van der Waals surface area contributed by atoms with Gasteiger partial charge in [0.05, 0.1) is 6.04 Å². The summed E-state index contributed by atoms with van der Waals surface area (Å²) in [5.74, 6) is -0.578. The number of amides is 1. The third-order valence-corrected chi connectivity index (χ3v) is 4.92. The van der Waals surface area contributed by atoms with Gasteiger partial charge < -0.3 is 15.7 Å². The molecule has 1 heterocycles. The first-order valence-corrected chi connectivity index (χ1v) is 7.74. The summed E-state index contributed by atoms with van der Waals surface area (Å²) in [5, 5.41) is 9.43. The van der Waals surface area contributed by atoms with E-state index in [2.05, 4.69) is 0 Å². The van der Waals surface area contributed by atoms with Crippen molar-refractivity contribution in [3.8, 4) is 0 Å². The Morgan fingerprint density at radius 3 is 2.40 bits per heavy atom. The molecule has 0 spiro atoms. The summed E-state index contributed by atoms with van der Waals surface area (Å²) in [6, 6.07) is -1.21. The molecule has 2 aliphatic rings. The molecule has 1 saturated carbocycles. The van der Waals surface area contributed by atoms with Crippen molar-refractivity contribution in [1.29, 1.82) is 0 Å². The quantitative estimate of drug-likeness (QED) is 0.823. The van der Waals surface area contributed by atoms with Crippen LogP contribution in [0.4, 0.5) is 0 Å². The van der Waals surface area contributed by atoms with E-state index in [4.69, 9.17) is 5.73 Å². The van der Waals surface area contributed by atoms with E-state index in [1.165, 1.54) is 6.42 Å². The molecule has 3 N–H and O–H groups in total. The summed E-state index contributed by atoms with van der Waals surface area (Å²) in [4.78, 5) is 25.8. The van der Waals surface area contributed by atoms with Gasteiger partial charge in [0.25, 0.3) is 0 Å². The molecule has 1 amide bonds. The molecular formula is C15H26N2O3. The lowest BCUT2D eigenvalue weighted by molar-refractivity contribution is -0.159. The predicted octanol–water partition coefficient (Wildman–Crippen LogP) is 1.60. The van der Waals surface area contributed by atoms with Crippen LogP contribution in [0.3, 0.4) is 0 Å². The van der Waals surface area contributed by atoms with Crippen LogP contribution in [-0.4, -0.2) is 40.0 Å². The van der Waals surface area contributed by atoms with E-state index in [9.17, 15) is 14.7 Å². The van der Waals surface area contributed by atoms with Gasteiger partial charge in [0.2, 0.25) is 5.91 Å². The van der Waals surface area contributed by atoms with Gasteiger partial charge >= 0.3 is 5.97 Å². The number of hydrogen-bond donors (Lipinski definition) is 2. The van der Waals surface area contributed by atoms with Crippen LogP contribution < -0.4 is 5.73 Å². The number of nitrogens with two attached hydrogens (primary N) is 1. The molecule has 0 aromatic heterocycles. The molecule has 2 fully saturated rings. The summed E-state index contributed by atoms with van der Waals surface area (Å²) in [6.45, 7) is 3.81. The summed E-state index contributed by atoms with van der Waals surface area (Å²) in [6.07, 6.45) is 5.78. The highest BCUT2D eigenvalue weighted by Gasteiger charge is 2.45. The number of aliphatic carboxylic acids is 1. The highest BCUT2D eigenvalue weighted by atomic mass is 16.4. The van der Waals surface area contributed by atoms with Gasteiger partial charge in [0.1, 0.15) is 6.04 Å². The molecule has 2 rings (SSSR count). The summed E-state index contributed by atoms with van der Waals surface area (Å²) >= 11 is 0. The second kappa shape index (κ2) is 6.12. The average Bonchev–Trinajstić information content (AvgIpc) is 2.44. The predicted molar refractivity (Wildman–Crippen MR) is 76.1 cm³/mol. The lowest BCUT2D eigenvalue weighted by Crippen LogP contribution is -2.61. The fourth-order valence-electron chi connectivity index (χ4n) is 3.65. The van der Waals surface area contributed by atoms with Gasteiger partial charge in [-0.05, 0) is 37.5 Å². The first-order valence-electron chi connectivity index (χ1n) is 7.74. The van der Waals surface area contributed by atoms with Gasteiger partial charge in [0.15, 0.2) is 0 Å². The van der Waals surface area contributed by atoms with E-state index in [1.54, 1.807) is 4.90 Å². The van der Waals surface area contributed by atoms with Gasteiger partial charge in [-0.25, -0.2) is 4.79 Å². The van der Waals surface area contributed by atoms with E-state index >= 15 is 0 Å². The zero-order valence-corrected chi connectivity index (χ0v) is 12.4. The molecule has 20 heavy (non-hydrogen) atoms. The molecule has 0 aromatic carbocycles. The maximum Gasteiger partial charge on any atom is 0.326 e. The van der Waals surface area contributed by atoms with Crippen molar-refractivity contribution in [2.24, 2.45) is 17.6 Å². The van der Waals surface area contributed by atoms with Crippen molar-refractivity contribution >= 4 is 11.9 Å². The van der Waals surface area contributed by atoms with E-state index in [0.717, 1.165) is 25.7 Å². The SMILES string of the molecule is CC(C)C(N)C(=O)N1C(C(=O)O)CCC2CCCCC21. The second-order valence-electron chi connectivity index (χ2n) is 6.56. The fourth-order valence-corrected chi connectivity index (χ4v) is 3.65. The lowest BCUT2D eigenvalue weighted by Gasteiger charge is -2.48. The van der Waals surface area contributed by atoms with E-state index < -0.39 is 18.1 Å². The maximum atomic E-state index is 12.6. The van der Waals surface area contributed by atoms with Crippen molar-refractivity contribution in [2.75, 3.05) is 0 Å². The highest BCUT2D eigenvalue weighted by Crippen LogP contribution is 2.38. The maximum absolute atomic E-state index is 12.6. The number of hydrogen-bond acceptors (Lipinski definition) is 3. The summed E-state index contributed by atoms with van der Waals surface area (Å²) < 4.78 is 0. The highest BCUT2D eigenvalue weighted by molar-refractivity contribution is 5.87. The molecule has 114 valence electrons. The number of carboxylic acid groups (broad SMARTS) is 1. The van der Waals surface area contributed by atoms with Crippen molar-refractivity contribution in [3.63, 3.8) is 0 Å². The van der Waals surface area contributed by atoms with Crippen LogP contribution in [0.2, 0.25) is 0 Å². The molecule has 1 aliphatic heterocycles. The van der Waals surface area contributed by atoms with E-state index in [1.807, 2.05) is 13.8 Å². The largest absolute Gasteiger partial charge is 0.480 e. The van der Waals surface area contributed by atoms with Gasteiger partial charge in [-0.2, -0.15) is 0 Å². The smallest absolute Gasteiger partial charge is 0.326 e. The summed E-state index contributed by atoms with van der Waals surface area (Å²) in [5.41, 5.74) is 5.99. The van der Waals surface area contributed by atoms with Crippen molar-refractivity contribution in [1.82, 2.24) is 4.90 Å². The number of piperidine rings is 1. The minimum absolute atomic E-state index is 0.0286. The van der Waals surface area contributed by atoms with Crippen molar-refractivity contribution in [3.05, 3.63) is 0 Å². The number of carbonyl (C=O) groups is 2. The number of likely N-dealkylation sites (tertiary alicyclic amines) is 1. The zero-order valence-electron chi connectivity index (χ0n) is 12.4.